The van der Waals surface area contributed by atoms with Crippen LogP contribution in [0.4, 0.5) is 11.4 Å². The zero-order chi connectivity index (χ0) is 37.9. The topological polar surface area (TPSA) is 34.0 Å². The summed E-state index contributed by atoms with van der Waals surface area (Å²) in [5.74, 6) is 0. The molecule has 0 amide bonds. The third kappa shape index (κ3) is 7.81. The van der Waals surface area contributed by atoms with Gasteiger partial charge in [0.2, 0.25) is 0 Å². The minimum Gasteiger partial charge on any atom is -0.376 e. The molecular formula is C51H44N2OP2. The number of rotatable bonds is 13. The van der Waals surface area contributed by atoms with Crippen LogP contribution in [0.3, 0.4) is 0 Å². The molecule has 274 valence electrons. The highest BCUT2D eigenvalue weighted by atomic mass is 31.2. The summed E-state index contributed by atoms with van der Waals surface area (Å²) in [5, 5.41) is 7.33. The summed E-state index contributed by atoms with van der Waals surface area (Å²) in [7, 11) is -4.85. The van der Waals surface area contributed by atoms with Gasteiger partial charge in [0.05, 0.1) is 38.7 Å². The summed E-state index contributed by atoms with van der Waals surface area (Å²) in [6.07, 6.45) is 0.729. The van der Waals surface area contributed by atoms with Crippen LogP contribution in [0.25, 0.3) is 0 Å². The van der Waals surface area contributed by atoms with Crippen molar-refractivity contribution >= 4 is 57.3 Å². The Hall–Kier alpha value is -5.82. The van der Waals surface area contributed by atoms with Gasteiger partial charge in [0.1, 0.15) is 0 Å². The molecule has 0 bridgehead atoms. The summed E-state index contributed by atoms with van der Waals surface area (Å²) in [5.41, 5.74) is 4.19. The van der Waals surface area contributed by atoms with Crippen LogP contribution in [0.1, 0.15) is 11.1 Å². The molecule has 0 unspecified atom stereocenters. The fourth-order valence-corrected chi connectivity index (χ4v) is 14.5. The average Bonchev–Trinajstić information content (AvgIpc) is 3.29. The lowest BCUT2D eigenvalue weighted by molar-refractivity contribution is 0.124. The monoisotopic (exact) mass is 762 g/mol. The van der Waals surface area contributed by atoms with Gasteiger partial charge in [-0.05, 0) is 24.1 Å². The SMILES string of the molecule is c1ccc(P(=Nc2ccccc2CCOCc2ccccc2N=P(c2ccccc2)(c2ccccc2)c2ccccc2)(c2ccccc2)c2ccccc2)cc1. The van der Waals surface area contributed by atoms with E-state index in [9.17, 15) is 0 Å². The first-order chi connectivity index (χ1) is 27.8. The maximum atomic E-state index is 6.55. The number of ether oxygens (including phenoxy) is 1. The average molecular weight is 763 g/mol. The molecule has 5 heteroatoms. The predicted octanol–water partition coefficient (Wildman–Crippen LogP) is 11.1. The quantitative estimate of drug-likeness (QED) is 0.0851. The molecule has 56 heavy (non-hydrogen) atoms. The van der Waals surface area contributed by atoms with Crippen molar-refractivity contribution in [2.75, 3.05) is 6.61 Å². The van der Waals surface area contributed by atoms with E-state index in [0.29, 0.717) is 13.2 Å². The van der Waals surface area contributed by atoms with Crippen molar-refractivity contribution in [3.63, 3.8) is 0 Å². The van der Waals surface area contributed by atoms with Crippen molar-refractivity contribution in [1.82, 2.24) is 0 Å². The molecule has 3 nitrogen and oxygen atoms in total. The van der Waals surface area contributed by atoms with Gasteiger partial charge in [-0.3, -0.25) is 9.49 Å². The Balaban J connectivity index is 1.14. The van der Waals surface area contributed by atoms with Crippen molar-refractivity contribution in [3.05, 3.63) is 242 Å². The van der Waals surface area contributed by atoms with Gasteiger partial charge in [-0.25, -0.2) is 0 Å². The minimum atomic E-state index is -2.43. The summed E-state index contributed by atoms with van der Waals surface area (Å²) in [6.45, 7) is 0.997. The van der Waals surface area contributed by atoms with E-state index in [1.165, 1.54) is 37.4 Å². The molecule has 0 aliphatic carbocycles. The number of benzene rings is 8. The van der Waals surface area contributed by atoms with E-state index in [1.807, 2.05) is 0 Å². The zero-order valence-electron chi connectivity index (χ0n) is 31.3. The van der Waals surface area contributed by atoms with Crippen molar-refractivity contribution in [3.8, 4) is 0 Å². The van der Waals surface area contributed by atoms with Gasteiger partial charge in [-0.2, -0.15) is 0 Å². The molecular weight excluding hydrogens is 719 g/mol. The second-order valence-corrected chi connectivity index (χ2v) is 19.6. The largest absolute Gasteiger partial charge is 0.376 e. The molecule has 8 rings (SSSR count). The van der Waals surface area contributed by atoms with Gasteiger partial charge < -0.3 is 4.74 Å². The first kappa shape index (κ1) is 37.1. The zero-order valence-corrected chi connectivity index (χ0v) is 33.0. The fourth-order valence-electron chi connectivity index (χ4n) is 7.34. The van der Waals surface area contributed by atoms with E-state index >= 15 is 0 Å². The molecule has 0 fully saturated rings. The third-order valence-corrected chi connectivity index (χ3v) is 17.4. The summed E-state index contributed by atoms with van der Waals surface area (Å²) < 4.78 is 18.2. The van der Waals surface area contributed by atoms with E-state index in [4.69, 9.17) is 14.2 Å². The van der Waals surface area contributed by atoms with Crippen LogP contribution in [0.5, 0.6) is 0 Å². The molecule has 0 heterocycles. The molecule has 0 aromatic heterocycles. The van der Waals surface area contributed by atoms with Crippen molar-refractivity contribution in [2.24, 2.45) is 9.49 Å². The number of hydrogen-bond donors (Lipinski definition) is 0. The van der Waals surface area contributed by atoms with Crippen molar-refractivity contribution in [2.45, 2.75) is 13.0 Å². The molecule has 0 saturated heterocycles. The molecule has 8 aromatic rings. The van der Waals surface area contributed by atoms with Gasteiger partial charge in [-0.1, -0.05) is 218 Å². The molecule has 0 atom stereocenters. The summed E-state index contributed by atoms with van der Waals surface area (Å²) >= 11 is 0. The standard InChI is InChI=1S/C51H44N2OP2/c1-7-25-44(26-8-1)55(45-27-9-2-10-28-45,46-29-11-3-12-30-46)52-50-37-21-19-23-42(50)39-40-54-41-43-24-20-22-38-51(43)53-56(47-31-13-4-14-32-47,48-33-15-5-16-34-48)49-35-17-6-18-36-49/h1-38H,39-41H2. The van der Waals surface area contributed by atoms with E-state index in [1.54, 1.807) is 0 Å². The van der Waals surface area contributed by atoms with Crippen LogP contribution in [0.15, 0.2) is 240 Å². The van der Waals surface area contributed by atoms with Gasteiger partial charge in [-0.15, -0.1) is 0 Å². The van der Waals surface area contributed by atoms with Crippen LogP contribution in [0, 0.1) is 0 Å². The summed E-state index contributed by atoms with van der Waals surface area (Å²) in [4.78, 5) is 0. The maximum absolute atomic E-state index is 6.55. The lowest BCUT2D eigenvalue weighted by Crippen LogP contribution is -2.25. The highest BCUT2D eigenvalue weighted by Crippen LogP contribution is 2.51. The first-order valence-corrected chi connectivity index (χ1v) is 22.6. The van der Waals surface area contributed by atoms with E-state index in [0.717, 1.165) is 23.4 Å². The molecule has 0 aliphatic rings. The predicted molar refractivity (Wildman–Crippen MR) is 241 cm³/mol. The number of hydrogen-bond acceptors (Lipinski definition) is 3. The Bertz CT molecular complexity index is 2190. The molecule has 0 aliphatic heterocycles. The summed E-state index contributed by atoms with van der Waals surface area (Å²) in [6, 6.07) is 81.7. The van der Waals surface area contributed by atoms with Crippen molar-refractivity contribution in [1.29, 1.82) is 0 Å². The van der Waals surface area contributed by atoms with Gasteiger partial charge in [0.15, 0.2) is 0 Å². The minimum absolute atomic E-state index is 0.451. The van der Waals surface area contributed by atoms with Gasteiger partial charge in [0, 0.05) is 37.4 Å². The molecule has 8 aromatic carbocycles. The second kappa shape index (κ2) is 17.8. The molecule has 0 saturated carbocycles. The Morgan fingerprint density at radius 2 is 0.571 bits per heavy atom. The van der Waals surface area contributed by atoms with Crippen LogP contribution in [-0.2, 0) is 17.8 Å². The maximum Gasteiger partial charge on any atom is 0.0737 e. The molecule has 0 spiro atoms. The fraction of sp³-hybridized carbons (Fsp3) is 0.0588. The van der Waals surface area contributed by atoms with Crippen molar-refractivity contribution < 1.29 is 4.74 Å². The second-order valence-electron chi connectivity index (χ2n) is 13.5. The van der Waals surface area contributed by atoms with E-state index in [2.05, 4.69) is 231 Å². The van der Waals surface area contributed by atoms with Crippen LogP contribution in [-0.4, -0.2) is 6.61 Å². The Morgan fingerprint density at radius 1 is 0.304 bits per heavy atom. The Morgan fingerprint density at radius 3 is 0.911 bits per heavy atom. The van der Waals surface area contributed by atoms with Crippen LogP contribution >= 0.6 is 14.1 Å². The third-order valence-electron chi connectivity index (χ3n) is 10.1. The van der Waals surface area contributed by atoms with Crippen LogP contribution < -0.4 is 31.8 Å². The highest BCUT2D eigenvalue weighted by molar-refractivity contribution is 7.88. The number of nitrogens with zero attached hydrogens (tertiary/aromatic N) is 2. The van der Waals surface area contributed by atoms with E-state index < -0.39 is 14.1 Å². The van der Waals surface area contributed by atoms with E-state index in [-0.39, 0.29) is 0 Å². The normalized spacial score (nSPS) is 11.5. The van der Waals surface area contributed by atoms with Gasteiger partial charge >= 0.3 is 0 Å². The smallest absolute Gasteiger partial charge is 0.0737 e. The Labute approximate surface area is 331 Å². The molecule has 0 N–H and O–H groups in total. The molecule has 0 radical (unpaired) electrons. The van der Waals surface area contributed by atoms with Crippen LogP contribution in [0.2, 0.25) is 0 Å². The first-order valence-electron chi connectivity index (χ1n) is 19.1. The lowest BCUT2D eigenvalue weighted by Gasteiger charge is -2.27. The van der Waals surface area contributed by atoms with Gasteiger partial charge in [0.25, 0.3) is 0 Å². The Kier molecular flexibility index (Phi) is 11.8. The lowest BCUT2D eigenvalue weighted by atomic mass is 10.1. The highest BCUT2D eigenvalue weighted by Gasteiger charge is 2.29.